The van der Waals surface area contributed by atoms with Crippen molar-refractivity contribution in [1.82, 2.24) is 9.88 Å². The van der Waals surface area contributed by atoms with Crippen LogP contribution in [0.3, 0.4) is 0 Å². The van der Waals surface area contributed by atoms with E-state index in [2.05, 4.69) is 4.98 Å². The molecule has 0 spiro atoms. The van der Waals surface area contributed by atoms with Gasteiger partial charge in [0.15, 0.2) is 0 Å². The molecule has 3 heterocycles. The number of likely N-dealkylation sites (tertiary alicyclic amines) is 1. The van der Waals surface area contributed by atoms with E-state index >= 15 is 0 Å². The van der Waals surface area contributed by atoms with E-state index in [1.165, 1.54) is 0 Å². The molecular formula is C23H27N3O3S. The van der Waals surface area contributed by atoms with Gasteiger partial charge in [-0.1, -0.05) is 12.1 Å². The van der Waals surface area contributed by atoms with Gasteiger partial charge in [-0.25, -0.2) is 4.98 Å². The highest BCUT2D eigenvalue weighted by atomic mass is 32.2. The van der Waals surface area contributed by atoms with Crippen LogP contribution in [0.2, 0.25) is 0 Å². The molecule has 0 bridgehead atoms. The minimum absolute atomic E-state index is 0.00301. The molecule has 2 aliphatic heterocycles. The molecule has 0 aliphatic carbocycles. The first kappa shape index (κ1) is 20.7. The predicted molar refractivity (Wildman–Crippen MR) is 118 cm³/mol. The summed E-state index contributed by atoms with van der Waals surface area (Å²) in [6, 6.07) is 13.4. The molecule has 4 rings (SSSR count). The van der Waals surface area contributed by atoms with E-state index in [9.17, 15) is 9.59 Å². The number of methoxy groups -OCH3 is 1. The van der Waals surface area contributed by atoms with Crippen molar-refractivity contribution in [3.05, 3.63) is 48.7 Å². The Hall–Kier alpha value is -2.54. The van der Waals surface area contributed by atoms with Crippen LogP contribution < -0.4 is 9.64 Å². The molecule has 7 heteroatoms. The first-order valence-electron chi connectivity index (χ1n) is 10.4. The second-order valence-electron chi connectivity index (χ2n) is 7.85. The number of anilines is 1. The van der Waals surface area contributed by atoms with E-state index in [-0.39, 0.29) is 24.2 Å². The van der Waals surface area contributed by atoms with E-state index in [0.29, 0.717) is 18.2 Å². The van der Waals surface area contributed by atoms with Gasteiger partial charge in [-0.2, -0.15) is 0 Å². The maximum atomic E-state index is 13.0. The van der Waals surface area contributed by atoms with Crippen molar-refractivity contribution in [3.63, 3.8) is 0 Å². The number of pyridine rings is 1. The molecule has 0 radical (unpaired) electrons. The van der Waals surface area contributed by atoms with Crippen LogP contribution in [0, 0.1) is 11.8 Å². The van der Waals surface area contributed by atoms with Crippen LogP contribution in [0.5, 0.6) is 5.75 Å². The average molecular weight is 426 g/mol. The van der Waals surface area contributed by atoms with Gasteiger partial charge in [-0.15, -0.1) is 11.8 Å². The monoisotopic (exact) mass is 425 g/mol. The summed E-state index contributed by atoms with van der Waals surface area (Å²) in [6.07, 6.45) is 4.12. The van der Waals surface area contributed by atoms with Crippen molar-refractivity contribution < 1.29 is 14.3 Å². The van der Waals surface area contributed by atoms with Crippen LogP contribution in [0.15, 0.2) is 53.7 Å². The van der Waals surface area contributed by atoms with Crippen LogP contribution in [0.4, 0.5) is 5.69 Å². The Morgan fingerprint density at radius 3 is 2.77 bits per heavy atom. The lowest BCUT2D eigenvalue weighted by Crippen LogP contribution is -2.42. The molecular weight excluding hydrogens is 398 g/mol. The van der Waals surface area contributed by atoms with E-state index in [1.54, 1.807) is 23.8 Å². The second kappa shape index (κ2) is 9.51. The highest BCUT2D eigenvalue weighted by Gasteiger charge is 2.38. The fourth-order valence-corrected chi connectivity index (χ4v) is 5.16. The van der Waals surface area contributed by atoms with Crippen molar-refractivity contribution in [2.75, 3.05) is 37.4 Å². The van der Waals surface area contributed by atoms with Crippen LogP contribution in [-0.2, 0) is 9.59 Å². The topological polar surface area (TPSA) is 62.7 Å². The van der Waals surface area contributed by atoms with Gasteiger partial charge in [-0.3, -0.25) is 9.59 Å². The third-order valence-corrected chi connectivity index (χ3v) is 7.05. The molecule has 2 aromatic rings. The minimum Gasteiger partial charge on any atom is -0.497 e. The lowest BCUT2D eigenvalue weighted by atomic mass is 9.97. The molecule has 1 atom stereocenters. The number of ether oxygens (including phenoxy) is 1. The van der Waals surface area contributed by atoms with Gasteiger partial charge in [-0.05, 0) is 43.0 Å². The standard InChI is InChI=1S/C23H27N3O3S/c1-29-20-6-4-5-19(14-20)26-15-18(13-22(26)27)23(28)25-11-8-17(9-12-25)16-30-21-7-2-3-10-24-21/h2-7,10,14,17-18H,8-9,11-13,15-16H2,1H3. The largest absolute Gasteiger partial charge is 0.497 e. The molecule has 2 amide bonds. The number of rotatable bonds is 6. The summed E-state index contributed by atoms with van der Waals surface area (Å²) in [5.74, 6) is 2.20. The zero-order chi connectivity index (χ0) is 20.9. The maximum absolute atomic E-state index is 13.0. The molecule has 2 saturated heterocycles. The summed E-state index contributed by atoms with van der Waals surface area (Å²) in [5, 5.41) is 1.05. The van der Waals surface area contributed by atoms with E-state index in [4.69, 9.17) is 4.74 Å². The molecule has 0 saturated carbocycles. The Labute approximate surface area is 181 Å². The highest BCUT2D eigenvalue weighted by Crippen LogP contribution is 2.30. The molecule has 0 N–H and O–H groups in total. The number of aromatic nitrogens is 1. The highest BCUT2D eigenvalue weighted by molar-refractivity contribution is 7.99. The van der Waals surface area contributed by atoms with Gasteiger partial charge < -0.3 is 14.5 Å². The molecule has 1 aromatic heterocycles. The SMILES string of the molecule is COc1cccc(N2CC(C(=O)N3CCC(CSc4ccccn4)CC3)CC2=O)c1. The summed E-state index contributed by atoms with van der Waals surface area (Å²) >= 11 is 1.79. The Balaban J connectivity index is 1.28. The van der Waals surface area contributed by atoms with Gasteiger partial charge in [0.2, 0.25) is 11.8 Å². The van der Waals surface area contributed by atoms with E-state index < -0.39 is 0 Å². The lowest BCUT2D eigenvalue weighted by Gasteiger charge is -2.33. The summed E-state index contributed by atoms with van der Waals surface area (Å²) in [6.45, 7) is 1.99. The van der Waals surface area contributed by atoms with Gasteiger partial charge in [0, 0.05) is 49.8 Å². The van der Waals surface area contributed by atoms with Crippen molar-refractivity contribution >= 4 is 29.3 Å². The fourth-order valence-electron chi connectivity index (χ4n) is 4.11. The van der Waals surface area contributed by atoms with E-state index in [0.717, 1.165) is 42.4 Å². The van der Waals surface area contributed by atoms with Gasteiger partial charge >= 0.3 is 0 Å². The van der Waals surface area contributed by atoms with E-state index in [1.807, 2.05) is 53.6 Å². The number of nitrogens with zero attached hydrogens (tertiary/aromatic N) is 3. The lowest BCUT2D eigenvalue weighted by molar-refractivity contribution is -0.137. The number of hydrogen-bond donors (Lipinski definition) is 0. The van der Waals surface area contributed by atoms with Crippen LogP contribution in [0.25, 0.3) is 0 Å². The number of benzene rings is 1. The number of hydrogen-bond acceptors (Lipinski definition) is 5. The third-order valence-electron chi connectivity index (χ3n) is 5.87. The zero-order valence-electron chi connectivity index (χ0n) is 17.2. The third kappa shape index (κ3) is 4.78. The molecule has 158 valence electrons. The average Bonchev–Trinajstić information content (AvgIpc) is 3.20. The Bertz CT molecular complexity index is 884. The normalized spacial score (nSPS) is 19.9. The summed E-state index contributed by atoms with van der Waals surface area (Å²) in [7, 11) is 1.61. The molecule has 6 nitrogen and oxygen atoms in total. The quantitative estimate of drug-likeness (QED) is 0.663. The van der Waals surface area contributed by atoms with Crippen molar-refractivity contribution in [2.45, 2.75) is 24.3 Å². The molecule has 1 aromatic carbocycles. The van der Waals surface area contributed by atoms with Crippen molar-refractivity contribution in [3.8, 4) is 5.75 Å². The first-order valence-corrected chi connectivity index (χ1v) is 11.4. The number of piperidine rings is 1. The Morgan fingerprint density at radius 1 is 1.20 bits per heavy atom. The van der Waals surface area contributed by atoms with Crippen LogP contribution in [0.1, 0.15) is 19.3 Å². The van der Waals surface area contributed by atoms with Gasteiger partial charge in [0.1, 0.15) is 5.75 Å². The van der Waals surface area contributed by atoms with Crippen molar-refractivity contribution in [2.24, 2.45) is 11.8 Å². The Kier molecular flexibility index (Phi) is 6.57. The van der Waals surface area contributed by atoms with Crippen LogP contribution >= 0.6 is 11.8 Å². The summed E-state index contributed by atoms with van der Waals surface area (Å²) in [5.41, 5.74) is 0.792. The number of thioether (sulfide) groups is 1. The number of carbonyl (C=O) groups is 2. The van der Waals surface area contributed by atoms with Crippen LogP contribution in [-0.4, -0.2) is 54.2 Å². The second-order valence-corrected chi connectivity index (χ2v) is 8.89. The van der Waals surface area contributed by atoms with Gasteiger partial charge in [0.25, 0.3) is 0 Å². The number of carbonyl (C=O) groups excluding carboxylic acids is 2. The molecule has 2 fully saturated rings. The molecule has 2 aliphatic rings. The Morgan fingerprint density at radius 2 is 2.03 bits per heavy atom. The molecule has 30 heavy (non-hydrogen) atoms. The first-order chi connectivity index (χ1) is 14.6. The zero-order valence-corrected chi connectivity index (χ0v) is 18.0. The molecule has 1 unspecified atom stereocenters. The number of amides is 2. The summed E-state index contributed by atoms with van der Waals surface area (Å²) < 4.78 is 5.26. The smallest absolute Gasteiger partial charge is 0.228 e. The maximum Gasteiger partial charge on any atom is 0.228 e. The fraction of sp³-hybridized carbons (Fsp3) is 0.435. The summed E-state index contributed by atoms with van der Waals surface area (Å²) in [4.78, 5) is 33.6. The van der Waals surface area contributed by atoms with Gasteiger partial charge in [0.05, 0.1) is 18.1 Å². The van der Waals surface area contributed by atoms with Crippen molar-refractivity contribution in [1.29, 1.82) is 0 Å². The minimum atomic E-state index is -0.261. The predicted octanol–water partition coefficient (Wildman–Crippen LogP) is 3.47.